The van der Waals surface area contributed by atoms with E-state index in [4.69, 9.17) is 15.2 Å². The molecule has 2 aromatic rings. The monoisotopic (exact) mass is 764 g/mol. The number of hydrogen-bond donors (Lipinski definition) is 6. The number of phenolic OH excluding ortho intramolecular Hbond substituents is 1. The molecule has 18 heteroatoms. The highest BCUT2D eigenvalue weighted by Crippen LogP contribution is 2.54. The van der Waals surface area contributed by atoms with Gasteiger partial charge in [0.25, 0.3) is 5.91 Å². The number of phenols is 1. The zero-order chi connectivity index (χ0) is 40.9. The lowest BCUT2D eigenvalue weighted by Crippen LogP contribution is -2.65. The Labute approximate surface area is 315 Å². The van der Waals surface area contributed by atoms with Gasteiger partial charge in [-0.25, -0.2) is 9.59 Å². The third-order valence-electron chi connectivity index (χ3n) is 10.1. The number of pyridine rings is 1. The number of nitrogens with two attached hydrogens (primary N) is 1. The maximum atomic E-state index is 14.3. The number of amides is 3. The van der Waals surface area contributed by atoms with Crippen LogP contribution < -0.4 is 16.0 Å². The van der Waals surface area contributed by atoms with Crippen molar-refractivity contribution in [1.29, 1.82) is 0 Å². The molecule has 1 aromatic carbocycles. The molecular weight excluding hydrogens is 720 g/mol. The molecule has 0 unspecified atom stereocenters. The summed E-state index contributed by atoms with van der Waals surface area (Å²) in [6, 6.07) is 3.21. The van der Waals surface area contributed by atoms with Crippen LogP contribution in [0.15, 0.2) is 47.5 Å². The lowest BCUT2D eigenvalue weighted by molar-refractivity contribution is -0.153. The van der Waals surface area contributed by atoms with Gasteiger partial charge in [0.2, 0.25) is 18.5 Å². The van der Waals surface area contributed by atoms with Crippen LogP contribution in [0.4, 0.5) is 16.2 Å². The van der Waals surface area contributed by atoms with Gasteiger partial charge in [-0.2, -0.15) is 0 Å². The van der Waals surface area contributed by atoms with Gasteiger partial charge in [-0.3, -0.25) is 34.0 Å². The fourth-order valence-corrected chi connectivity index (χ4v) is 7.47. The largest absolute Gasteiger partial charge is 0.508 e. The second-order valence-corrected chi connectivity index (χ2v) is 15.0. The van der Waals surface area contributed by atoms with Gasteiger partial charge in [0.05, 0.1) is 22.9 Å². The lowest BCUT2D eigenvalue weighted by atomic mass is 9.57. The Balaban J connectivity index is 1.46. The van der Waals surface area contributed by atoms with E-state index in [1.54, 1.807) is 39.8 Å². The Morgan fingerprint density at radius 2 is 1.75 bits per heavy atom. The summed E-state index contributed by atoms with van der Waals surface area (Å²) in [7, 11) is 6.37. The highest BCUT2D eigenvalue weighted by Gasteiger charge is 2.64. The molecule has 0 aliphatic heterocycles. The van der Waals surface area contributed by atoms with Crippen molar-refractivity contribution in [3.8, 4) is 5.75 Å². The molecule has 1 saturated carbocycles. The smallest absolute Gasteiger partial charge is 0.413 e. The molecule has 4 atom stereocenters. The molecule has 1 aromatic heterocycles. The molecule has 0 saturated heterocycles. The maximum Gasteiger partial charge on any atom is 0.413 e. The molecule has 1 heterocycles. The number of anilines is 2. The second-order valence-electron chi connectivity index (χ2n) is 15.0. The van der Waals surface area contributed by atoms with Crippen molar-refractivity contribution in [2.24, 2.45) is 17.6 Å². The molecular formula is C37H44N6O12. The zero-order valence-electron chi connectivity index (χ0n) is 31.4. The van der Waals surface area contributed by atoms with Gasteiger partial charge >= 0.3 is 12.1 Å². The number of carbonyl (C=O) groups is 6. The Morgan fingerprint density at radius 3 is 2.31 bits per heavy atom. The van der Waals surface area contributed by atoms with Crippen LogP contribution in [0.1, 0.15) is 48.7 Å². The summed E-state index contributed by atoms with van der Waals surface area (Å²) in [5.41, 5.74) is 0.797. The van der Waals surface area contributed by atoms with Crippen molar-refractivity contribution in [3.63, 3.8) is 0 Å². The molecule has 18 nitrogen and oxygen atoms in total. The number of aliphatic hydroxyl groups excluding tert-OH is 2. The van der Waals surface area contributed by atoms with Gasteiger partial charge in [0, 0.05) is 49.2 Å². The molecule has 3 aliphatic rings. The number of ketones is 2. The zero-order valence-corrected chi connectivity index (χ0v) is 31.4. The van der Waals surface area contributed by atoms with E-state index in [1.165, 1.54) is 49.6 Å². The number of fused-ring (bicyclic) bond motifs is 3. The van der Waals surface area contributed by atoms with E-state index in [9.17, 15) is 49.2 Å². The number of aromatic nitrogens is 1. The molecule has 294 valence electrons. The minimum atomic E-state index is -2.82. The Bertz CT molecular complexity index is 2040. The third kappa shape index (κ3) is 7.05. The SMILES string of the molecule is CN(C)c1cc(NC(=O)CN(C(=O)OCOC(=O)c2cccnc2)C(C)(C)C)c(O)c2c1C[C@H]1C[C@H]3[C@H](N(C)C)C(=O)C(C(N)=O)=C(O)[C@@]3(O)C(=O)C1=C2O. The number of hydrogen-bond acceptors (Lipinski definition) is 15. The first kappa shape index (κ1) is 40.2. The fraction of sp³-hybridized carbons (Fsp3) is 0.432. The van der Waals surface area contributed by atoms with Crippen molar-refractivity contribution < 1.29 is 58.7 Å². The van der Waals surface area contributed by atoms with Crippen LogP contribution in [-0.2, 0) is 35.1 Å². The number of rotatable bonds is 9. The van der Waals surface area contributed by atoms with Gasteiger partial charge in [-0.05, 0) is 77.4 Å². The molecule has 5 rings (SSSR count). The predicted molar refractivity (Wildman–Crippen MR) is 195 cm³/mol. The Kier molecular flexibility index (Phi) is 10.7. The van der Waals surface area contributed by atoms with Crippen LogP contribution in [0.25, 0.3) is 5.76 Å². The van der Waals surface area contributed by atoms with E-state index in [0.29, 0.717) is 11.3 Å². The first-order chi connectivity index (χ1) is 25.6. The van der Waals surface area contributed by atoms with E-state index < -0.39 is 101 Å². The van der Waals surface area contributed by atoms with Gasteiger partial charge in [0.15, 0.2) is 11.4 Å². The number of esters is 1. The average molecular weight is 765 g/mol. The highest BCUT2D eigenvalue weighted by molar-refractivity contribution is 6.24. The minimum absolute atomic E-state index is 0.0266. The molecule has 55 heavy (non-hydrogen) atoms. The molecule has 0 radical (unpaired) electrons. The van der Waals surface area contributed by atoms with Crippen LogP contribution in [0, 0.1) is 11.8 Å². The number of Topliss-reactive ketones (excluding diaryl/α,β-unsaturated/α-hetero) is 2. The van der Waals surface area contributed by atoms with Crippen molar-refractivity contribution in [2.75, 3.05) is 51.7 Å². The molecule has 3 amide bonds. The summed E-state index contributed by atoms with van der Waals surface area (Å²) in [5, 5.41) is 48.9. The second kappa shape index (κ2) is 14.7. The molecule has 0 bridgehead atoms. The van der Waals surface area contributed by atoms with Crippen molar-refractivity contribution in [1.82, 2.24) is 14.8 Å². The number of primary amides is 1. The van der Waals surface area contributed by atoms with Gasteiger partial charge in [-0.15, -0.1) is 0 Å². The number of aliphatic hydroxyl groups is 3. The molecule has 1 fully saturated rings. The van der Waals surface area contributed by atoms with Crippen LogP contribution in [0.2, 0.25) is 0 Å². The van der Waals surface area contributed by atoms with E-state index in [0.717, 1.165) is 4.90 Å². The highest BCUT2D eigenvalue weighted by atomic mass is 16.7. The van der Waals surface area contributed by atoms with E-state index in [1.807, 2.05) is 0 Å². The Morgan fingerprint density at radius 1 is 1.07 bits per heavy atom. The minimum Gasteiger partial charge on any atom is -0.508 e. The normalized spacial score (nSPS) is 22.0. The number of nitrogens with zero attached hydrogens (tertiary/aromatic N) is 4. The Hall–Kier alpha value is -6.01. The summed E-state index contributed by atoms with van der Waals surface area (Å²) in [4.78, 5) is 86.7. The lowest BCUT2D eigenvalue weighted by Gasteiger charge is -2.50. The van der Waals surface area contributed by atoms with Crippen LogP contribution >= 0.6 is 0 Å². The van der Waals surface area contributed by atoms with Crippen molar-refractivity contribution in [2.45, 2.75) is 50.8 Å². The molecule has 3 aliphatic carbocycles. The topological polar surface area (TPSA) is 262 Å². The summed E-state index contributed by atoms with van der Waals surface area (Å²) in [6.45, 7) is 3.53. The summed E-state index contributed by atoms with van der Waals surface area (Å²) in [5.74, 6) is -9.63. The standard InChI is InChI=1S/C37H44N6O12/c1-36(2,3)43(35(52)55-16-54-34(51)17-9-8-10-39-14-17)15-23(44)40-21-13-22(41(4)5)19-11-18-12-20-27(42(6)7)30(47)26(33(38)50)32(49)37(20,53)31(48)24(18)29(46)25(19)28(21)45/h8-10,13-14,18,20,27,45-46,49,53H,11-12,15-16H2,1-7H3,(H2,38,50)(H,40,44)/t18-,20-,27-,37-/m0/s1. The summed E-state index contributed by atoms with van der Waals surface area (Å²) < 4.78 is 10.1. The van der Waals surface area contributed by atoms with E-state index in [-0.39, 0.29) is 35.2 Å². The first-order valence-corrected chi connectivity index (χ1v) is 17.1. The number of likely N-dealkylation sites (N-methyl/N-ethyl adjacent to an activating group) is 1. The summed E-state index contributed by atoms with van der Waals surface area (Å²) in [6.07, 6.45) is 1.68. The van der Waals surface area contributed by atoms with Gasteiger partial charge in [-0.1, -0.05) is 0 Å². The van der Waals surface area contributed by atoms with E-state index in [2.05, 4.69) is 10.3 Å². The van der Waals surface area contributed by atoms with E-state index >= 15 is 0 Å². The number of aromatic hydroxyl groups is 1. The molecule has 7 N–H and O–H groups in total. The number of ether oxygens (including phenoxy) is 2. The van der Waals surface area contributed by atoms with Gasteiger partial charge in [0.1, 0.15) is 29.4 Å². The number of nitrogens with one attached hydrogen (secondary N) is 1. The van der Waals surface area contributed by atoms with Crippen LogP contribution in [-0.4, -0.2) is 129 Å². The quantitative estimate of drug-likeness (QED) is 0.0913. The number of carbonyl (C=O) groups excluding carboxylic acids is 6. The maximum absolute atomic E-state index is 14.3. The molecule has 0 spiro atoms. The predicted octanol–water partition coefficient (Wildman–Crippen LogP) is 1.42. The third-order valence-corrected chi connectivity index (χ3v) is 10.1. The van der Waals surface area contributed by atoms with Crippen LogP contribution in [0.3, 0.4) is 0 Å². The van der Waals surface area contributed by atoms with Crippen LogP contribution in [0.5, 0.6) is 5.75 Å². The fourth-order valence-electron chi connectivity index (χ4n) is 7.47. The van der Waals surface area contributed by atoms with Crippen molar-refractivity contribution in [3.05, 3.63) is 64.2 Å². The van der Waals surface area contributed by atoms with Crippen molar-refractivity contribution >= 4 is 52.6 Å². The van der Waals surface area contributed by atoms with Gasteiger partial charge < -0.3 is 45.9 Å². The average Bonchev–Trinajstić information content (AvgIpc) is 3.09. The first-order valence-electron chi connectivity index (χ1n) is 17.1. The number of benzene rings is 1. The summed E-state index contributed by atoms with van der Waals surface area (Å²) >= 11 is 0.